The highest BCUT2D eigenvalue weighted by Gasteiger charge is 2.30. The van der Waals surface area contributed by atoms with E-state index in [1.165, 1.54) is 0 Å². The van der Waals surface area contributed by atoms with Gasteiger partial charge < -0.3 is 10.3 Å². The number of nitrogens with zero attached hydrogens (tertiary/aromatic N) is 2. The van der Waals surface area contributed by atoms with Gasteiger partial charge in [0, 0.05) is 22.5 Å². The number of hydrogen-bond donors (Lipinski definition) is 2. The first-order chi connectivity index (χ1) is 15.9. The number of fused-ring (bicyclic) bond motifs is 2. The second-order valence-corrected chi connectivity index (χ2v) is 9.58. The fraction of sp³-hybridized carbons (Fsp3) is 0.222. The lowest BCUT2D eigenvalue weighted by molar-refractivity contribution is 0.445. The molecular weight excluding hydrogens is 432 g/mol. The number of amidine groups is 1. The van der Waals surface area contributed by atoms with Crippen LogP contribution in [-0.4, -0.2) is 21.3 Å². The minimum absolute atomic E-state index is 0.155. The van der Waals surface area contributed by atoms with Crippen LogP contribution >= 0.6 is 11.6 Å². The zero-order valence-corrected chi connectivity index (χ0v) is 19.4. The number of halogens is 1. The molecule has 5 nitrogen and oxygen atoms in total. The van der Waals surface area contributed by atoms with Crippen molar-refractivity contribution in [1.82, 2.24) is 15.3 Å². The van der Waals surface area contributed by atoms with Gasteiger partial charge in [0.1, 0.15) is 17.7 Å². The Morgan fingerprint density at radius 3 is 2.64 bits per heavy atom. The summed E-state index contributed by atoms with van der Waals surface area (Å²) in [7, 11) is 0. The van der Waals surface area contributed by atoms with E-state index in [0.717, 1.165) is 28.9 Å². The average Bonchev–Trinajstić information content (AvgIpc) is 2.78. The van der Waals surface area contributed by atoms with Crippen LogP contribution in [0.4, 0.5) is 0 Å². The lowest BCUT2D eigenvalue weighted by Gasteiger charge is -2.35. The number of rotatable bonds is 4. The van der Waals surface area contributed by atoms with Crippen LogP contribution < -0.4 is 10.9 Å². The van der Waals surface area contributed by atoms with Gasteiger partial charge in [-0.1, -0.05) is 54.1 Å². The number of hydrogen-bond acceptors (Lipinski definition) is 3. The Hall–Kier alpha value is -3.44. The van der Waals surface area contributed by atoms with Gasteiger partial charge in [-0.25, -0.2) is 4.98 Å². The van der Waals surface area contributed by atoms with Crippen molar-refractivity contribution in [1.29, 1.82) is 0 Å². The second kappa shape index (κ2) is 8.49. The van der Waals surface area contributed by atoms with Gasteiger partial charge in [-0.3, -0.25) is 9.79 Å². The maximum atomic E-state index is 12.8. The lowest BCUT2D eigenvalue weighted by Crippen LogP contribution is -2.49. The number of aromatic amines is 1. The number of aromatic nitrogens is 2. The minimum atomic E-state index is -0.371. The van der Waals surface area contributed by atoms with Crippen LogP contribution in [0.3, 0.4) is 0 Å². The van der Waals surface area contributed by atoms with Gasteiger partial charge in [0.05, 0.1) is 10.9 Å². The molecule has 0 spiro atoms. The third-order valence-corrected chi connectivity index (χ3v) is 6.15. The van der Waals surface area contributed by atoms with E-state index in [2.05, 4.69) is 36.3 Å². The third-order valence-electron chi connectivity index (χ3n) is 5.92. The van der Waals surface area contributed by atoms with Crippen LogP contribution in [-0.2, 0) is 12.8 Å². The molecule has 1 aromatic heterocycles. The van der Waals surface area contributed by atoms with E-state index in [1.807, 2.05) is 54.6 Å². The van der Waals surface area contributed by atoms with Crippen molar-refractivity contribution in [2.24, 2.45) is 4.99 Å². The van der Waals surface area contributed by atoms with Gasteiger partial charge in [0.2, 0.25) is 0 Å². The molecule has 1 aliphatic rings. The van der Waals surface area contributed by atoms with Crippen LogP contribution in [0.5, 0.6) is 0 Å². The van der Waals surface area contributed by atoms with Gasteiger partial charge >= 0.3 is 0 Å². The molecule has 0 fully saturated rings. The summed E-state index contributed by atoms with van der Waals surface area (Å²) in [5.41, 5.74) is 3.63. The van der Waals surface area contributed by atoms with Gasteiger partial charge in [0.25, 0.3) is 5.56 Å². The van der Waals surface area contributed by atoms with Gasteiger partial charge in [-0.15, -0.1) is 0 Å². The average molecular weight is 457 g/mol. The maximum Gasteiger partial charge on any atom is 0.258 e. The number of para-hydroxylation sites is 1. The molecule has 1 atom stereocenters. The first-order valence-electron chi connectivity index (χ1n) is 11.1. The zero-order chi connectivity index (χ0) is 23.0. The van der Waals surface area contributed by atoms with E-state index in [-0.39, 0.29) is 17.1 Å². The number of benzene rings is 3. The highest BCUT2D eigenvalue weighted by atomic mass is 35.5. The van der Waals surface area contributed by atoms with Crippen molar-refractivity contribution in [2.45, 2.75) is 38.3 Å². The second-order valence-electron chi connectivity index (χ2n) is 9.14. The lowest BCUT2D eigenvalue weighted by atomic mass is 9.87. The molecular formula is C27H25ClN4O. The molecule has 3 aromatic carbocycles. The van der Waals surface area contributed by atoms with Crippen molar-refractivity contribution in [2.75, 3.05) is 0 Å². The predicted octanol–water partition coefficient (Wildman–Crippen LogP) is 5.23. The summed E-state index contributed by atoms with van der Waals surface area (Å²) >= 11 is 6.29. The fourth-order valence-electron chi connectivity index (χ4n) is 4.41. The number of aliphatic imine (C=N–C) groups is 1. The maximum absolute atomic E-state index is 12.8. The Labute approximate surface area is 197 Å². The Bertz CT molecular complexity index is 1410. The monoisotopic (exact) mass is 456 g/mol. The van der Waals surface area contributed by atoms with Crippen molar-refractivity contribution >= 4 is 28.3 Å². The molecule has 0 saturated heterocycles. The van der Waals surface area contributed by atoms with Crippen LogP contribution in [0, 0.1) is 0 Å². The zero-order valence-electron chi connectivity index (χ0n) is 18.6. The summed E-state index contributed by atoms with van der Waals surface area (Å²) in [5.74, 6) is 1.34. The largest absolute Gasteiger partial charge is 0.365 e. The van der Waals surface area contributed by atoms with E-state index < -0.39 is 0 Å². The predicted molar refractivity (Wildman–Crippen MR) is 134 cm³/mol. The first kappa shape index (κ1) is 21.4. The molecule has 0 amide bonds. The summed E-state index contributed by atoms with van der Waals surface area (Å²) in [6.45, 7) is 4.30. The van der Waals surface area contributed by atoms with Crippen LogP contribution in [0.1, 0.15) is 42.4 Å². The molecule has 0 saturated carbocycles. The fourth-order valence-corrected chi connectivity index (χ4v) is 4.60. The standard InChI is InChI=1S/C27H25ClN4O/c1-27(2)16-18-15-19(28)12-13-20(18)24(32-27)30-23(14-17-8-4-3-5-9-17)25-29-22-11-7-6-10-21(22)26(33)31-25/h3-13,15,23H,14,16H2,1-2H3,(H,30,32)(H,29,31,33)/t23-/m0/s1. The molecule has 4 aromatic rings. The molecule has 0 unspecified atom stereocenters. The van der Waals surface area contributed by atoms with Crippen molar-refractivity contribution in [3.05, 3.63) is 111 Å². The van der Waals surface area contributed by atoms with Gasteiger partial charge in [-0.2, -0.15) is 0 Å². The molecule has 6 heteroatoms. The summed E-state index contributed by atoms with van der Waals surface area (Å²) in [6, 6.07) is 23.1. The molecule has 5 rings (SSSR count). The first-order valence-corrected chi connectivity index (χ1v) is 11.4. The van der Waals surface area contributed by atoms with E-state index in [0.29, 0.717) is 28.2 Å². The van der Waals surface area contributed by atoms with E-state index >= 15 is 0 Å². The highest BCUT2D eigenvalue weighted by Crippen LogP contribution is 2.28. The Balaban J connectivity index is 1.66. The van der Waals surface area contributed by atoms with Crippen LogP contribution in [0.15, 0.2) is 82.6 Å². The Kier molecular flexibility index (Phi) is 5.51. The number of nitrogens with one attached hydrogen (secondary N) is 2. The topological polar surface area (TPSA) is 70.1 Å². The van der Waals surface area contributed by atoms with Crippen molar-refractivity contribution in [3.8, 4) is 0 Å². The molecule has 2 heterocycles. The van der Waals surface area contributed by atoms with Gasteiger partial charge in [-0.05, 0) is 61.7 Å². The van der Waals surface area contributed by atoms with Crippen LogP contribution in [0.2, 0.25) is 5.02 Å². The Morgan fingerprint density at radius 1 is 1.06 bits per heavy atom. The van der Waals surface area contributed by atoms with Gasteiger partial charge in [0.15, 0.2) is 0 Å². The molecule has 166 valence electrons. The highest BCUT2D eigenvalue weighted by molar-refractivity contribution is 6.30. The number of H-pyrrole nitrogens is 1. The summed E-state index contributed by atoms with van der Waals surface area (Å²) in [4.78, 5) is 25.7. The Morgan fingerprint density at radius 2 is 1.82 bits per heavy atom. The molecule has 0 aliphatic carbocycles. The summed E-state index contributed by atoms with van der Waals surface area (Å²) < 4.78 is 0. The van der Waals surface area contributed by atoms with E-state index in [1.54, 1.807) is 6.07 Å². The molecule has 2 N–H and O–H groups in total. The summed E-state index contributed by atoms with van der Waals surface area (Å²) in [6.07, 6.45) is 1.45. The SMILES string of the molecule is CC1(C)Cc2cc(Cl)ccc2C(=N[C@@H](Cc2ccccc2)c2nc3ccccc3c(=O)[nH]2)N1. The smallest absolute Gasteiger partial charge is 0.258 e. The molecule has 0 bridgehead atoms. The third kappa shape index (κ3) is 4.55. The molecule has 1 aliphatic heterocycles. The van der Waals surface area contributed by atoms with Crippen LogP contribution in [0.25, 0.3) is 10.9 Å². The van der Waals surface area contributed by atoms with E-state index in [9.17, 15) is 4.79 Å². The summed E-state index contributed by atoms with van der Waals surface area (Å²) in [5, 5.41) is 4.88. The minimum Gasteiger partial charge on any atom is -0.365 e. The van der Waals surface area contributed by atoms with Crippen molar-refractivity contribution in [3.63, 3.8) is 0 Å². The molecule has 0 radical (unpaired) electrons. The normalized spacial score (nSPS) is 16.9. The van der Waals surface area contributed by atoms with E-state index in [4.69, 9.17) is 21.6 Å². The quantitative estimate of drug-likeness (QED) is 0.441. The molecule has 33 heavy (non-hydrogen) atoms. The van der Waals surface area contributed by atoms with Crippen molar-refractivity contribution < 1.29 is 0 Å².